The largest absolute Gasteiger partial charge is 0.493 e. The van der Waals surface area contributed by atoms with Crippen molar-refractivity contribution in [3.63, 3.8) is 0 Å². The predicted molar refractivity (Wildman–Crippen MR) is 69.5 cm³/mol. The summed E-state index contributed by atoms with van der Waals surface area (Å²) in [5.74, 6) is -0.189. The lowest BCUT2D eigenvalue weighted by atomic mass is 10.1. The molecule has 0 aromatic heterocycles. The zero-order chi connectivity index (χ0) is 13.3. The van der Waals surface area contributed by atoms with E-state index in [4.69, 9.17) is 27.9 Å². The van der Waals surface area contributed by atoms with Gasteiger partial charge in [0.1, 0.15) is 10.1 Å². The van der Waals surface area contributed by atoms with Crippen LogP contribution in [0.15, 0.2) is 24.3 Å². The van der Waals surface area contributed by atoms with Crippen molar-refractivity contribution >= 4 is 34.8 Å². The van der Waals surface area contributed by atoms with Gasteiger partial charge in [-0.3, -0.25) is 9.59 Å². The van der Waals surface area contributed by atoms with Crippen molar-refractivity contribution in [1.82, 2.24) is 0 Å². The first-order valence-corrected chi connectivity index (χ1v) is 6.32. The molecule has 2 rings (SSSR count). The van der Waals surface area contributed by atoms with E-state index in [1.165, 1.54) is 6.92 Å². The van der Waals surface area contributed by atoms with Crippen LogP contribution in [0, 0.1) is 5.92 Å². The molecule has 0 heterocycles. The quantitative estimate of drug-likeness (QED) is 0.475. The Morgan fingerprint density at radius 3 is 2.33 bits per heavy atom. The molecule has 0 bridgehead atoms. The summed E-state index contributed by atoms with van der Waals surface area (Å²) in [7, 11) is 0. The molecule has 1 saturated carbocycles. The molecule has 1 aliphatic carbocycles. The Morgan fingerprint density at radius 2 is 1.89 bits per heavy atom. The van der Waals surface area contributed by atoms with Crippen molar-refractivity contribution in [2.75, 3.05) is 6.61 Å². The van der Waals surface area contributed by atoms with Crippen LogP contribution in [0.5, 0.6) is 5.75 Å². The number of ketones is 2. The SMILES string of the molecule is CC(=O)C(=O)c1ccc(OCC2CC2(Cl)Cl)cc1. The molecule has 5 heteroatoms. The zero-order valence-corrected chi connectivity index (χ0v) is 11.3. The van der Waals surface area contributed by atoms with Gasteiger partial charge in [0.15, 0.2) is 5.78 Å². The van der Waals surface area contributed by atoms with Gasteiger partial charge in [0.05, 0.1) is 6.61 Å². The molecule has 1 atom stereocenters. The van der Waals surface area contributed by atoms with Crippen molar-refractivity contribution in [3.8, 4) is 5.75 Å². The van der Waals surface area contributed by atoms with Crippen LogP contribution >= 0.6 is 23.2 Å². The smallest absolute Gasteiger partial charge is 0.228 e. The van der Waals surface area contributed by atoms with Crippen LogP contribution in [0.25, 0.3) is 0 Å². The molecule has 0 amide bonds. The van der Waals surface area contributed by atoms with Gasteiger partial charge in [-0.1, -0.05) is 0 Å². The Kier molecular flexibility index (Phi) is 3.64. The first-order chi connectivity index (χ1) is 8.40. The highest BCUT2D eigenvalue weighted by Gasteiger charge is 2.52. The number of rotatable bonds is 5. The van der Waals surface area contributed by atoms with Crippen LogP contribution < -0.4 is 4.74 Å². The number of ether oxygens (including phenoxy) is 1. The Hall–Kier alpha value is -1.06. The Morgan fingerprint density at radius 1 is 1.33 bits per heavy atom. The number of Topliss-reactive ketones (excluding diaryl/α,β-unsaturated/α-hetero) is 2. The summed E-state index contributed by atoms with van der Waals surface area (Å²) in [4.78, 5) is 22.3. The maximum atomic E-state index is 11.4. The standard InChI is InChI=1S/C13H12Cl2O3/c1-8(16)12(17)9-2-4-11(5-3-9)18-7-10-6-13(10,14)15/h2-5,10H,6-7H2,1H3. The number of alkyl halides is 2. The first kappa shape index (κ1) is 13.4. The lowest BCUT2D eigenvalue weighted by Gasteiger charge is -2.06. The summed E-state index contributed by atoms with van der Waals surface area (Å²) in [6, 6.07) is 6.45. The normalized spacial score (nSPS) is 20.3. The molecule has 0 N–H and O–H groups in total. The van der Waals surface area contributed by atoms with Crippen molar-refractivity contribution in [2.45, 2.75) is 17.7 Å². The molecule has 0 saturated heterocycles. The van der Waals surface area contributed by atoms with Crippen LogP contribution in [0.2, 0.25) is 0 Å². The van der Waals surface area contributed by atoms with Crippen LogP contribution in [0.1, 0.15) is 23.7 Å². The third-order valence-corrected chi connectivity index (χ3v) is 3.77. The Bertz CT molecular complexity index is 480. The van der Waals surface area contributed by atoms with E-state index in [1.807, 2.05) is 0 Å². The van der Waals surface area contributed by atoms with Crippen LogP contribution in [-0.4, -0.2) is 22.5 Å². The van der Waals surface area contributed by atoms with Gasteiger partial charge in [0, 0.05) is 18.4 Å². The van der Waals surface area contributed by atoms with Gasteiger partial charge in [-0.05, 0) is 30.7 Å². The van der Waals surface area contributed by atoms with Gasteiger partial charge in [-0.25, -0.2) is 0 Å². The number of hydrogen-bond donors (Lipinski definition) is 0. The summed E-state index contributed by atoms with van der Waals surface area (Å²) in [5, 5.41) is 0. The summed E-state index contributed by atoms with van der Waals surface area (Å²) >= 11 is 11.8. The summed E-state index contributed by atoms with van der Waals surface area (Å²) in [5.41, 5.74) is 0.366. The fourth-order valence-electron chi connectivity index (χ4n) is 1.55. The number of halogens is 2. The molecule has 3 nitrogen and oxygen atoms in total. The number of carbonyl (C=O) groups is 2. The average Bonchev–Trinajstić information content (AvgIpc) is 2.94. The second-order valence-electron chi connectivity index (χ2n) is 4.38. The van der Waals surface area contributed by atoms with Gasteiger partial charge in [0.25, 0.3) is 0 Å². The van der Waals surface area contributed by atoms with Crippen molar-refractivity contribution < 1.29 is 14.3 Å². The summed E-state index contributed by atoms with van der Waals surface area (Å²) in [6.45, 7) is 1.70. The zero-order valence-electron chi connectivity index (χ0n) is 9.78. The average molecular weight is 287 g/mol. The minimum atomic E-state index is -0.648. The van der Waals surface area contributed by atoms with Crippen LogP contribution in [0.4, 0.5) is 0 Å². The van der Waals surface area contributed by atoms with E-state index in [1.54, 1.807) is 24.3 Å². The van der Waals surface area contributed by atoms with Crippen molar-refractivity contribution in [3.05, 3.63) is 29.8 Å². The molecule has 1 unspecified atom stereocenters. The fourth-order valence-corrected chi connectivity index (χ4v) is 2.05. The molecule has 18 heavy (non-hydrogen) atoms. The highest BCUT2D eigenvalue weighted by atomic mass is 35.5. The molecule has 0 spiro atoms. The van der Waals surface area contributed by atoms with Gasteiger partial charge >= 0.3 is 0 Å². The second-order valence-corrected chi connectivity index (χ2v) is 5.93. The summed E-state index contributed by atoms with van der Waals surface area (Å²) in [6.07, 6.45) is 0.733. The lowest BCUT2D eigenvalue weighted by molar-refractivity contribution is -0.113. The topological polar surface area (TPSA) is 43.4 Å². The minimum Gasteiger partial charge on any atom is -0.493 e. The van der Waals surface area contributed by atoms with E-state index in [0.29, 0.717) is 17.9 Å². The third kappa shape index (κ3) is 3.03. The van der Waals surface area contributed by atoms with Crippen LogP contribution in [-0.2, 0) is 4.79 Å². The molecule has 1 aromatic carbocycles. The molecular weight excluding hydrogens is 275 g/mol. The third-order valence-electron chi connectivity index (χ3n) is 2.84. The predicted octanol–water partition coefficient (Wildman–Crippen LogP) is 3.03. The Balaban J connectivity index is 1.92. The van der Waals surface area contributed by atoms with Gasteiger partial charge in [-0.2, -0.15) is 0 Å². The number of benzene rings is 1. The second kappa shape index (κ2) is 4.90. The van der Waals surface area contributed by atoms with Gasteiger partial charge < -0.3 is 4.74 Å². The van der Waals surface area contributed by atoms with E-state index < -0.39 is 15.9 Å². The molecule has 1 aromatic rings. The van der Waals surface area contributed by atoms with Crippen LogP contribution in [0.3, 0.4) is 0 Å². The molecule has 1 aliphatic rings. The van der Waals surface area contributed by atoms with Crippen molar-refractivity contribution in [1.29, 1.82) is 0 Å². The highest BCUT2D eigenvalue weighted by molar-refractivity contribution is 6.50. The lowest BCUT2D eigenvalue weighted by Crippen LogP contribution is -2.09. The molecular formula is C13H12Cl2O3. The molecule has 1 fully saturated rings. The monoisotopic (exact) mass is 286 g/mol. The van der Waals surface area contributed by atoms with E-state index in [-0.39, 0.29) is 5.92 Å². The van der Waals surface area contributed by atoms with Gasteiger partial charge in [0.2, 0.25) is 5.78 Å². The van der Waals surface area contributed by atoms with E-state index in [9.17, 15) is 9.59 Å². The van der Waals surface area contributed by atoms with Gasteiger partial charge in [-0.15, -0.1) is 23.2 Å². The van der Waals surface area contributed by atoms with Crippen molar-refractivity contribution in [2.24, 2.45) is 5.92 Å². The fraction of sp³-hybridized carbons (Fsp3) is 0.385. The molecule has 96 valence electrons. The number of carbonyl (C=O) groups excluding carboxylic acids is 2. The molecule has 0 radical (unpaired) electrons. The van der Waals surface area contributed by atoms with E-state index in [0.717, 1.165) is 6.42 Å². The Labute approximate surface area is 115 Å². The maximum absolute atomic E-state index is 11.4. The van der Waals surface area contributed by atoms with E-state index in [2.05, 4.69) is 0 Å². The first-order valence-electron chi connectivity index (χ1n) is 5.56. The summed E-state index contributed by atoms with van der Waals surface area (Å²) < 4.78 is 4.85. The maximum Gasteiger partial charge on any atom is 0.228 e. The molecule has 0 aliphatic heterocycles. The minimum absolute atomic E-state index is 0.152. The van der Waals surface area contributed by atoms with E-state index >= 15 is 0 Å². The highest BCUT2D eigenvalue weighted by Crippen LogP contribution is 2.53. The number of hydrogen-bond acceptors (Lipinski definition) is 3.